The second kappa shape index (κ2) is 8.40. The van der Waals surface area contributed by atoms with Crippen LogP contribution in [0.4, 0.5) is 5.82 Å². The number of rotatable bonds is 2. The number of hydrogen-bond donors (Lipinski definition) is 4. The minimum absolute atomic E-state index is 0.101. The van der Waals surface area contributed by atoms with Gasteiger partial charge in [-0.25, -0.2) is 4.98 Å². The summed E-state index contributed by atoms with van der Waals surface area (Å²) in [5, 5.41) is 28.9. The number of carbonyl (C=O) groups excluding carboxylic acids is 1. The van der Waals surface area contributed by atoms with Crippen LogP contribution in [0.15, 0.2) is 36.4 Å². The van der Waals surface area contributed by atoms with Crippen LogP contribution in [-0.2, 0) is 5.60 Å². The van der Waals surface area contributed by atoms with Crippen LogP contribution in [0, 0.1) is 10.8 Å². The third kappa shape index (κ3) is 4.78. The van der Waals surface area contributed by atoms with Crippen LogP contribution in [0.3, 0.4) is 0 Å². The fourth-order valence-corrected chi connectivity index (χ4v) is 2.98. The van der Waals surface area contributed by atoms with Crippen molar-refractivity contribution in [2.24, 2.45) is 0 Å². The fourth-order valence-electron chi connectivity index (χ4n) is 2.98. The average molecular weight is 395 g/mol. The van der Waals surface area contributed by atoms with Gasteiger partial charge in [-0.15, -0.1) is 0 Å². The molecule has 2 bridgehead atoms. The number of nitrogens with zero attached hydrogens (tertiary/aromatic N) is 2. The van der Waals surface area contributed by atoms with Crippen molar-refractivity contribution in [1.29, 1.82) is 10.8 Å². The van der Waals surface area contributed by atoms with Crippen LogP contribution in [0.25, 0.3) is 0 Å². The van der Waals surface area contributed by atoms with Gasteiger partial charge < -0.3 is 20.1 Å². The minimum atomic E-state index is -1.06. The van der Waals surface area contributed by atoms with E-state index in [-0.39, 0.29) is 11.7 Å². The van der Waals surface area contributed by atoms with Crippen LogP contribution >= 0.6 is 0 Å². The summed E-state index contributed by atoms with van der Waals surface area (Å²) in [5.74, 6) is 0.410. The monoisotopic (exact) mass is 395 g/mol. The number of anilines is 1. The van der Waals surface area contributed by atoms with Crippen molar-refractivity contribution in [2.75, 3.05) is 18.5 Å². The van der Waals surface area contributed by atoms with E-state index < -0.39 is 5.60 Å². The van der Waals surface area contributed by atoms with Gasteiger partial charge in [0.25, 0.3) is 5.91 Å². The second-order valence-corrected chi connectivity index (χ2v) is 7.36. The number of amides is 1. The highest BCUT2D eigenvalue weighted by molar-refractivity contribution is 6.06. The van der Waals surface area contributed by atoms with E-state index in [1.807, 2.05) is 0 Å². The Balaban J connectivity index is 1.99. The summed E-state index contributed by atoms with van der Waals surface area (Å²) in [4.78, 5) is 18.7. The number of aromatic nitrogens is 1. The molecule has 29 heavy (non-hydrogen) atoms. The Morgan fingerprint density at radius 3 is 2.79 bits per heavy atom. The van der Waals surface area contributed by atoms with Gasteiger partial charge in [0.2, 0.25) is 0 Å². The molecule has 0 unspecified atom stereocenters. The van der Waals surface area contributed by atoms with E-state index in [1.54, 1.807) is 50.2 Å². The lowest BCUT2D eigenvalue weighted by molar-refractivity contribution is 0.0780. The first-order valence-corrected chi connectivity index (χ1v) is 9.44. The predicted octanol–water partition coefficient (Wildman–Crippen LogP) is 2.97. The summed E-state index contributed by atoms with van der Waals surface area (Å²) in [6.45, 7) is 4.21. The molecule has 2 aromatic rings. The quantitative estimate of drug-likeness (QED) is 0.460. The van der Waals surface area contributed by atoms with Gasteiger partial charge in [-0.05, 0) is 56.5 Å². The molecule has 0 fully saturated rings. The summed E-state index contributed by atoms with van der Waals surface area (Å²) in [6.07, 6.45) is 2.48. The van der Waals surface area contributed by atoms with E-state index in [2.05, 4.69) is 10.3 Å². The Hall–Kier alpha value is -3.26. The largest absolute Gasteiger partial charge is 0.493 e. The Kier molecular flexibility index (Phi) is 5.93. The van der Waals surface area contributed by atoms with Crippen molar-refractivity contribution in [3.05, 3.63) is 53.2 Å². The van der Waals surface area contributed by atoms with E-state index in [1.165, 1.54) is 4.90 Å². The third-order valence-electron chi connectivity index (χ3n) is 4.66. The van der Waals surface area contributed by atoms with E-state index in [0.717, 1.165) is 6.34 Å². The molecule has 8 nitrogen and oxygen atoms in total. The molecule has 1 aliphatic heterocycles. The predicted molar refractivity (Wildman–Crippen MR) is 111 cm³/mol. The van der Waals surface area contributed by atoms with Gasteiger partial charge in [-0.1, -0.05) is 12.1 Å². The van der Waals surface area contributed by atoms with E-state index >= 15 is 0 Å². The van der Waals surface area contributed by atoms with Gasteiger partial charge in [-0.2, -0.15) is 0 Å². The maximum absolute atomic E-state index is 12.9. The zero-order valence-corrected chi connectivity index (χ0v) is 16.5. The molecule has 0 saturated heterocycles. The molecule has 4 N–H and O–H groups in total. The van der Waals surface area contributed by atoms with Crippen LogP contribution in [0.1, 0.15) is 48.3 Å². The van der Waals surface area contributed by atoms with Crippen LogP contribution < -0.4 is 10.1 Å². The minimum Gasteiger partial charge on any atom is -0.493 e. The summed E-state index contributed by atoms with van der Waals surface area (Å²) < 4.78 is 5.87. The molecule has 152 valence electrons. The standard InChI is InChI=1S/C21H25N5O3/c1-21(2,28)14-8-9-15-17(12-14)29-11-4-3-10-26(13-22)19(23)16-6-5-7-18(24-16)25-20(15)27/h5-9,12-13,22-23,28H,3-4,10-11H2,1-2H3,(H,24,25,27). The molecule has 1 aliphatic rings. The number of benzene rings is 1. The first-order valence-electron chi connectivity index (χ1n) is 9.44. The highest BCUT2D eigenvalue weighted by Crippen LogP contribution is 2.28. The number of hydrogen-bond acceptors (Lipinski definition) is 6. The highest BCUT2D eigenvalue weighted by atomic mass is 16.5. The van der Waals surface area contributed by atoms with Crippen molar-refractivity contribution in [3.63, 3.8) is 0 Å². The number of amidine groups is 1. The third-order valence-corrected chi connectivity index (χ3v) is 4.66. The number of fused-ring (bicyclic) bond motifs is 3. The topological polar surface area (TPSA) is 122 Å². The summed E-state index contributed by atoms with van der Waals surface area (Å²) in [5.41, 5.74) is 0.304. The lowest BCUT2D eigenvalue weighted by Gasteiger charge is -2.22. The first kappa shape index (κ1) is 20.5. The lowest BCUT2D eigenvalue weighted by atomic mass is 9.96. The van der Waals surface area contributed by atoms with Crippen molar-refractivity contribution in [1.82, 2.24) is 9.88 Å². The molecule has 0 saturated carbocycles. The maximum atomic E-state index is 12.9. The SMILES string of the molecule is CC(C)(O)c1ccc2c(c1)OCCCCN(C=N)C(=N)c1cccc(n1)NC2=O. The molecular formula is C21H25N5O3. The number of nitrogens with one attached hydrogen (secondary N) is 3. The van der Waals surface area contributed by atoms with Crippen LogP contribution in [-0.4, -0.2) is 46.2 Å². The maximum Gasteiger partial charge on any atom is 0.260 e. The van der Waals surface area contributed by atoms with Crippen LogP contribution in [0.5, 0.6) is 5.75 Å². The molecule has 1 aromatic heterocycles. The van der Waals surface area contributed by atoms with Gasteiger partial charge >= 0.3 is 0 Å². The lowest BCUT2D eigenvalue weighted by Crippen LogP contribution is -2.31. The highest BCUT2D eigenvalue weighted by Gasteiger charge is 2.21. The molecule has 1 amide bonds. The second-order valence-electron chi connectivity index (χ2n) is 7.36. The van der Waals surface area contributed by atoms with Gasteiger partial charge in [-0.3, -0.25) is 15.6 Å². The van der Waals surface area contributed by atoms with E-state index in [9.17, 15) is 9.90 Å². The molecule has 0 aliphatic carbocycles. The summed E-state index contributed by atoms with van der Waals surface area (Å²) in [6, 6.07) is 10.0. The first-order chi connectivity index (χ1) is 13.8. The van der Waals surface area contributed by atoms with Gasteiger partial charge in [0, 0.05) is 6.54 Å². The van der Waals surface area contributed by atoms with Gasteiger partial charge in [0.1, 0.15) is 17.3 Å². The molecular weight excluding hydrogens is 370 g/mol. The summed E-state index contributed by atoms with van der Waals surface area (Å²) >= 11 is 0. The molecule has 0 atom stereocenters. The van der Waals surface area contributed by atoms with Crippen molar-refractivity contribution < 1.29 is 14.6 Å². The Labute approximate surface area is 169 Å². The zero-order chi connectivity index (χ0) is 21.0. The number of aliphatic hydroxyl groups is 1. The van der Waals surface area contributed by atoms with E-state index in [4.69, 9.17) is 15.6 Å². The van der Waals surface area contributed by atoms with Gasteiger partial charge in [0.15, 0.2) is 5.84 Å². The Morgan fingerprint density at radius 1 is 1.28 bits per heavy atom. The fraction of sp³-hybridized carbons (Fsp3) is 0.333. The molecule has 2 heterocycles. The Bertz CT molecular complexity index is 936. The molecule has 1 aromatic carbocycles. The molecule has 8 heteroatoms. The smallest absolute Gasteiger partial charge is 0.260 e. The summed E-state index contributed by atoms with van der Waals surface area (Å²) in [7, 11) is 0. The number of ether oxygens (including phenoxy) is 1. The number of carbonyl (C=O) groups is 1. The Morgan fingerprint density at radius 2 is 2.07 bits per heavy atom. The van der Waals surface area contributed by atoms with Crippen molar-refractivity contribution in [3.8, 4) is 5.75 Å². The van der Waals surface area contributed by atoms with Crippen LogP contribution in [0.2, 0.25) is 0 Å². The molecule has 0 radical (unpaired) electrons. The number of pyridine rings is 1. The zero-order valence-electron chi connectivity index (χ0n) is 16.5. The van der Waals surface area contributed by atoms with Crippen molar-refractivity contribution in [2.45, 2.75) is 32.3 Å². The van der Waals surface area contributed by atoms with Crippen molar-refractivity contribution >= 4 is 23.9 Å². The molecule has 3 rings (SSSR count). The van der Waals surface area contributed by atoms with Gasteiger partial charge in [0.05, 0.1) is 24.1 Å². The molecule has 0 spiro atoms. The normalized spacial score (nSPS) is 15.6. The average Bonchev–Trinajstić information content (AvgIpc) is 2.69. The van der Waals surface area contributed by atoms with E-state index in [0.29, 0.717) is 54.4 Å².